The Labute approximate surface area is 194 Å². The zero-order valence-electron chi connectivity index (χ0n) is 19.6. The van der Waals surface area contributed by atoms with Crippen molar-refractivity contribution in [2.45, 2.75) is 32.7 Å². The summed E-state index contributed by atoms with van der Waals surface area (Å²) in [6.07, 6.45) is 1.81. The summed E-state index contributed by atoms with van der Waals surface area (Å²) in [7, 11) is 0. The summed E-state index contributed by atoms with van der Waals surface area (Å²) in [6.45, 7) is 11.4. The van der Waals surface area contributed by atoms with Crippen LogP contribution in [-0.2, 0) is 12.0 Å². The molecular formula is C27H31N5O. The number of aromatic amines is 2. The summed E-state index contributed by atoms with van der Waals surface area (Å²) < 4.78 is 0. The molecule has 0 radical (unpaired) electrons. The Morgan fingerprint density at radius 1 is 0.939 bits per heavy atom. The minimum Gasteiger partial charge on any atom is -0.367 e. The van der Waals surface area contributed by atoms with Crippen molar-refractivity contribution >= 4 is 16.7 Å². The van der Waals surface area contributed by atoms with E-state index in [0.717, 1.165) is 60.7 Å². The van der Waals surface area contributed by atoms with Gasteiger partial charge in [0.2, 0.25) is 5.56 Å². The molecule has 0 aliphatic carbocycles. The summed E-state index contributed by atoms with van der Waals surface area (Å²) in [4.78, 5) is 27.4. The predicted octanol–water partition coefficient (Wildman–Crippen LogP) is 4.54. The average Bonchev–Trinajstić information content (AvgIpc) is 3.25. The van der Waals surface area contributed by atoms with E-state index >= 15 is 0 Å². The molecule has 33 heavy (non-hydrogen) atoms. The smallest absolute Gasteiger partial charge is 0.247 e. The Kier molecular flexibility index (Phi) is 5.54. The van der Waals surface area contributed by atoms with E-state index in [1.54, 1.807) is 6.07 Å². The van der Waals surface area contributed by atoms with Crippen LogP contribution in [0.1, 0.15) is 31.9 Å². The van der Waals surface area contributed by atoms with E-state index in [9.17, 15) is 4.79 Å². The van der Waals surface area contributed by atoms with Gasteiger partial charge in [0, 0.05) is 50.6 Å². The van der Waals surface area contributed by atoms with Gasteiger partial charge in [0.1, 0.15) is 11.3 Å². The number of pyridine rings is 1. The quantitative estimate of drug-likeness (QED) is 0.488. The predicted molar refractivity (Wildman–Crippen MR) is 135 cm³/mol. The van der Waals surface area contributed by atoms with E-state index in [2.05, 4.69) is 83.0 Å². The molecule has 0 bridgehead atoms. The molecule has 4 aromatic rings. The zero-order chi connectivity index (χ0) is 23.0. The van der Waals surface area contributed by atoms with Gasteiger partial charge < -0.3 is 14.9 Å². The van der Waals surface area contributed by atoms with Crippen LogP contribution in [0.15, 0.2) is 65.6 Å². The Morgan fingerprint density at radius 3 is 2.36 bits per heavy atom. The van der Waals surface area contributed by atoms with Crippen molar-refractivity contribution in [1.82, 2.24) is 19.9 Å². The molecule has 1 aliphatic rings. The number of para-hydroxylation sites is 1. The molecule has 6 heteroatoms. The van der Waals surface area contributed by atoms with Crippen molar-refractivity contribution in [1.29, 1.82) is 0 Å². The van der Waals surface area contributed by atoms with Gasteiger partial charge >= 0.3 is 0 Å². The number of benzene rings is 2. The maximum absolute atomic E-state index is 11.3. The van der Waals surface area contributed by atoms with Gasteiger partial charge in [-0.2, -0.15) is 0 Å². The number of nitrogens with one attached hydrogen (secondary N) is 2. The second-order valence-corrected chi connectivity index (χ2v) is 9.91. The molecule has 1 aliphatic heterocycles. The van der Waals surface area contributed by atoms with E-state index < -0.39 is 0 Å². The van der Waals surface area contributed by atoms with Gasteiger partial charge in [-0.15, -0.1) is 0 Å². The summed E-state index contributed by atoms with van der Waals surface area (Å²) >= 11 is 0. The van der Waals surface area contributed by atoms with Crippen LogP contribution in [0, 0.1) is 0 Å². The average molecular weight is 442 g/mol. The fourth-order valence-electron chi connectivity index (χ4n) is 4.48. The standard InChI is InChI=1S/C27H31N5O/c1-27(2,3)21-10-8-20(9-11-21)26-29-22-5-4-6-23(25(22)30-26)32-15-13-31(14-16-32)18-19-7-12-24(33)28-17-19/h4-12,17H,13-16,18H2,1-3H3,(H,28,33)(H,29,30). The van der Waals surface area contributed by atoms with Crippen molar-refractivity contribution in [3.63, 3.8) is 0 Å². The maximum Gasteiger partial charge on any atom is 0.247 e. The zero-order valence-corrected chi connectivity index (χ0v) is 19.6. The number of hydrogen-bond acceptors (Lipinski definition) is 4. The molecular weight excluding hydrogens is 410 g/mol. The highest BCUT2D eigenvalue weighted by molar-refractivity contribution is 5.91. The fraction of sp³-hybridized carbons (Fsp3) is 0.333. The van der Waals surface area contributed by atoms with Gasteiger partial charge in [-0.05, 0) is 28.7 Å². The number of aromatic nitrogens is 3. The largest absolute Gasteiger partial charge is 0.367 e. The summed E-state index contributed by atoms with van der Waals surface area (Å²) in [6, 6.07) is 18.6. The third-order valence-corrected chi connectivity index (χ3v) is 6.48. The first kappa shape index (κ1) is 21.5. The van der Waals surface area contributed by atoms with Crippen LogP contribution in [-0.4, -0.2) is 46.0 Å². The molecule has 0 unspecified atom stereocenters. The number of anilines is 1. The number of imidazole rings is 1. The number of piperazine rings is 1. The van der Waals surface area contributed by atoms with Gasteiger partial charge in [0.15, 0.2) is 0 Å². The van der Waals surface area contributed by atoms with E-state index in [1.807, 2.05) is 12.3 Å². The summed E-state index contributed by atoms with van der Waals surface area (Å²) in [5, 5.41) is 0. The van der Waals surface area contributed by atoms with Crippen LogP contribution >= 0.6 is 0 Å². The Hall–Kier alpha value is -3.38. The summed E-state index contributed by atoms with van der Waals surface area (Å²) in [5.41, 5.74) is 6.93. The highest BCUT2D eigenvalue weighted by Gasteiger charge is 2.21. The monoisotopic (exact) mass is 441 g/mol. The first-order valence-corrected chi connectivity index (χ1v) is 11.6. The highest BCUT2D eigenvalue weighted by atomic mass is 16.1. The van der Waals surface area contributed by atoms with Gasteiger partial charge in [-0.25, -0.2) is 4.98 Å². The lowest BCUT2D eigenvalue weighted by molar-refractivity contribution is 0.250. The second-order valence-electron chi connectivity index (χ2n) is 9.91. The molecule has 2 N–H and O–H groups in total. The first-order chi connectivity index (χ1) is 15.9. The lowest BCUT2D eigenvalue weighted by atomic mass is 9.87. The number of H-pyrrole nitrogens is 2. The molecule has 1 saturated heterocycles. The molecule has 0 spiro atoms. The van der Waals surface area contributed by atoms with Crippen LogP contribution in [0.4, 0.5) is 5.69 Å². The van der Waals surface area contributed by atoms with Gasteiger partial charge in [-0.1, -0.05) is 57.2 Å². The minimum atomic E-state index is -0.0554. The molecule has 170 valence electrons. The number of rotatable bonds is 4. The third-order valence-electron chi connectivity index (χ3n) is 6.48. The Bertz CT molecular complexity index is 1280. The SMILES string of the molecule is CC(C)(C)c1ccc(-c2nc3c(N4CCN(Cc5ccc(=O)[nH]c5)CC4)cccc3[nH]2)cc1. The van der Waals surface area contributed by atoms with Crippen molar-refractivity contribution in [3.8, 4) is 11.4 Å². The topological polar surface area (TPSA) is 68.0 Å². The van der Waals surface area contributed by atoms with E-state index in [-0.39, 0.29) is 11.0 Å². The van der Waals surface area contributed by atoms with Crippen LogP contribution in [0.5, 0.6) is 0 Å². The number of nitrogens with zero attached hydrogens (tertiary/aromatic N) is 3. The van der Waals surface area contributed by atoms with Crippen molar-refractivity contribution in [3.05, 3.63) is 82.3 Å². The van der Waals surface area contributed by atoms with Crippen LogP contribution in [0.3, 0.4) is 0 Å². The molecule has 1 fully saturated rings. The van der Waals surface area contributed by atoms with Crippen molar-refractivity contribution in [2.75, 3.05) is 31.1 Å². The Morgan fingerprint density at radius 2 is 1.70 bits per heavy atom. The van der Waals surface area contributed by atoms with Crippen LogP contribution < -0.4 is 10.5 Å². The normalized spacial score (nSPS) is 15.3. The van der Waals surface area contributed by atoms with Crippen LogP contribution in [0.2, 0.25) is 0 Å². The van der Waals surface area contributed by atoms with Gasteiger partial charge in [0.05, 0.1) is 11.2 Å². The minimum absolute atomic E-state index is 0.0554. The number of fused-ring (bicyclic) bond motifs is 1. The molecule has 3 heterocycles. The molecule has 0 atom stereocenters. The van der Waals surface area contributed by atoms with Crippen LogP contribution in [0.25, 0.3) is 22.4 Å². The second kappa shape index (κ2) is 8.52. The molecule has 2 aromatic heterocycles. The van der Waals surface area contributed by atoms with Gasteiger partial charge in [0.25, 0.3) is 0 Å². The van der Waals surface area contributed by atoms with E-state index in [1.165, 1.54) is 11.3 Å². The molecule has 0 amide bonds. The molecule has 2 aromatic carbocycles. The molecule has 6 nitrogen and oxygen atoms in total. The van der Waals surface area contributed by atoms with E-state index in [0.29, 0.717) is 0 Å². The molecule has 5 rings (SSSR count). The third kappa shape index (κ3) is 4.57. The van der Waals surface area contributed by atoms with Crippen molar-refractivity contribution in [2.24, 2.45) is 0 Å². The summed E-state index contributed by atoms with van der Waals surface area (Å²) in [5.74, 6) is 0.912. The fourth-order valence-corrected chi connectivity index (χ4v) is 4.48. The first-order valence-electron chi connectivity index (χ1n) is 11.6. The molecule has 0 saturated carbocycles. The van der Waals surface area contributed by atoms with E-state index in [4.69, 9.17) is 4.98 Å². The Balaban J connectivity index is 1.33. The highest BCUT2D eigenvalue weighted by Crippen LogP contribution is 2.30. The maximum atomic E-state index is 11.3. The lowest BCUT2D eigenvalue weighted by Crippen LogP contribution is -2.46. The number of hydrogen-bond donors (Lipinski definition) is 2. The van der Waals surface area contributed by atoms with Gasteiger partial charge in [-0.3, -0.25) is 9.69 Å². The van der Waals surface area contributed by atoms with Crippen molar-refractivity contribution < 1.29 is 0 Å². The lowest BCUT2D eigenvalue weighted by Gasteiger charge is -2.36.